The van der Waals surface area contributed by atoms with Crippen LogP contribution in [0.3, 0.4) is 0 Å². The van der Waals surface area contributed by atoms with E-state index >= 15 is 0 Å². The number of nitrogens with one attached hydrogen (secondary N) is 1. The molecule has 0 aromatic carbocycles. The number of pyridine rings is 1. The summed E-state index contributed by atoms with van der Waals surface area (Å²) in [5.41, 5.74) is 0.958. The van der Waals surface area contributed by atoms with Crippen LogP contribution >= 0.6 is 0 Å². The topological polar surface area (TPSA) is 37.4 Å². The van der Waals surface area contributed by atoms with Crippen LogP contribution in [0.2, 0.25) is 0 Å². The predicted octanol–water partition coefficient (Wildman–Crippen LogP) is 2.09. The average Bonchev–Trinajstić information content (AvgIpc) is 3.32. The van der Waals surface area contributed by atoms with E-state index in [1.807, 2.05) is 0 Å². The molecule has 3 rings (SSSR count). The number of hydrogen-bond acceptors (Lipinski definition) is 4. The second-order valence-corrected chi connectivity index (χ2v) is 5.71. The molecular weight excluding hydrogens is 257 g/mol. The molecular formula is C15H22FN3O. The van der Waals surface area contributed by atoms with Crippen LogP contribution in [0.15, 0.2) is 12.3 Å². The normalized spacial score (nSPS) is 18.3. The monoisotopic (exact) mass is 279 g/mol. The third-order valence-corrected chi connectivity index (χ3v) is 3.86. The lowest BCUT2D eigenvalue weighted by molar-refractivity contribution is 0.204. The molecule has 20 heavy (non-hydrogen) atoms. The van der Waals surface area contributed by atoms with Crippen LogP contribution < -0.4 is 10.2 Å². The van der Waals surface area contributed by atoms with Crippen molar-refractivity contribution in [3.05, 3.63) is 23.6 Å². The standard InChI is InChI=1S/C15H22FN3O/c1-20-7-6-19(14-4-5-14)15-11(8-12(16)10-18-15)9-17-13-2-3-13/h8,10,13-14,17H,2-7,9H2,1H3. The van der Waals surface area contributed by atoms with E-state index < -0.39 is 0 Å². The highest BCUT2D eigenvalue weighted by Crippen LogP contribution is 2.32. The Hall–Kier alpha value is -1.20. The largest absolute Gasteiger partial charge is 0.383 e. The summed E-state index contributed by atoms with van der Waals surface area (Å²) in [7, 11) is 1.71. The van der Waals surface area contributed by atoms with Gasteiger partial charge in [0.1, 0.15) is 11.6 Å². The lowest BCUT2D eigenvalue weighted by Gasteiger charge is -2.25. The van der Waals surface area contributed by atoms with Crippen LogP contribution in [-0.4, -0.2) is 37.3 Å². The molecule has 2 saturated carbocycles. The Morgan fingerprint density at radius 2 is 2.20 bits per heavy atom. The maximum Gasteiger partial charge on any atom is 0.141 e. The Balaban J connectivity index is 1.77. The maximum absolute atomic E-state index is 13.5. The van der Waals surface area contributed by atoms with Gasteiger partial charge in [-0.15, -0.1) is 0 Å². The maximum atomic E-state index is 13.5. The summed E-state index contributed by atoms with van der Waals surface area (Å²) >= 11 is 0. The van der Waals surface area contributed by atoms with Crippen LogP contribution in [0.4, 0.5) is 10.2 Å². The van der Waals surface area contributed by atoms with E-state index in [9.17, 15) is 4.39 Å². The first-order valence-electron chi connectivity index (χ1n) is 7.41. The van der Waals surface area contributed by atoms with Crippen molar-refractivity contribution in [3.63, 3.8) is 0 Å². The molecule has 1 aromatic heterocycles. The molecule has 0 spiro atoms. The summed E-state index contributed by atoms with van der Waals surface area (Å²) in [5, 5.41) is 3.45. The zero-order valence-electron chi connectivity index (χ0n) is 11.9. The molecule has 0 radical (unpaired) electrons. The first-order valence-corrected chi connectivity index (χ1v) is 7.41. The molecule has 5 heteroatoms. The summed E-state index contributed by atoms with van der Waals surface area (Å²) in [5.74, 6) is 0.655. The van der Waals surface area contributed by atoms with Gasteiger partial charge >= 0.3 is 0 Å². The number of ether oxygens (including phenoxy) is 1. The molecule has 0 bridgehead atoms. The van der Waals surface area contributed by atoms with E-state index in [1.54, 1.807) is 13.2 Å². The van der Waals surface area contributed by atoms with Crippen molar-refractivity contribution in [2.45, 2.75) is 44.3 Å². The van der Waals surface area contributed by atoms with Crippen molar-refractivity contribution in [2.75, 3.05) is 25.2 Å². The van der Waals surface area contributed by atoms with Gasteiger partial charge in [0.15, 0.2) is 0 Å². The van der Waals surface area contributed by atoms with Crippen LogP contribution in [-0.2, 0) is 11.3 Å². The van der Waals surface area contributed by atoms with Gasteiger partial charge in [-0.3, -0.25) is 0 Å². The molecule has 1 heterocycles. The summed E-state index contributed by atoms with van der Waals surface area (Å²) in [6, 6.07) is 2.77. The van der Waals surface area contributed by atoms with Crippen molar-refractivity contribution in [1.29, 1.82) is 0 Å². The molecule has 2 aliphatic carbocycles. The minimum atomic E-state index is -0.260. The van der Waals surface area contributed by atoms with Gasteiger partial charge in [0.2, 0.25) is 0 Å². The SMILES string of the molecule is COCCN(c1ncc(F)cc1CNC1CC1)C1CC1. The van der Waals surface area contributed by atoms with Gasteiger partial charge in [0.25, 0.3) is 0 Å². The molecule has 1 aromatic rings. The number of halogens is 1. The van der Waals surface area contributed by atoms with E-state index in [0.29, 0.717) is 25.2 Å². The molecule has 0 aliphatic heterocycles. The quantitative estimate of drug-likeness (QED) is 0.790. The van der Waals surface area contributed by atoms with Crippen molar-refractivity contribution >= 4 is 5.82 Å². The summed E-state index contributed by atoms with van der Waals surface area (Å²) in [6.07, 6.45) is 6.16. The fourth-order valence-corrected chi connectivity index (χ4v) is 2.44. The zero-order chi connectivity index (χ0) is 13.9. The summed E-state index contributed by atoms with van der Waals surface area (Å²) in [6.45, 7) is 2.18. The number of nitrogens with zero attached hydrogens (tertiary/aromatic N) is 2. The summed E-state index contributed by atoms with van der Waals surface area (Å²) in [4.78, 5) is 6.62. The predicted molar refractivity (Wildman–Crippen MR) is 76.3 cm³/mol. The van der Waals surface area contributed by atoms with Gasteiger partial charge in [-0.05, 0) is 31.7 Å². The van der Waals surface area contributed by atoms with Gasteiger partial charge < -0.3 is 15.0 Å². The van der Waals surface area contributed by atoms with Gasteiger partial charge in [0, 0.05) is 37.8 Å². The van der Waals surface area contributed by atoms with Crippen molar-refractivity contribution in [2.24, 2.45) is 0 Å². The lowest BCUT2D eigenvalue weighted by atomic mass is 10.2. The second-order valence-electron chi connectivity index (χ2n) is 5.71. The van der Waals surface area contributed by atoms with Gasteiger partial charge in [-0.1, -0.05) is 0 Å². The third kappa shape index (κ3) is 3.46. The average molecular weight is 279 g/mol. The van der Waals surface area contributed by atoms with Gasteiger partial charge in [-0.2, -0.15) is 0 Å². The van der Waals surface area contributed by atoms with Crippen LogP contribution in [0.1, 0.15) is 31.2 Å². The van der Waals surface area contributed by atoms with Crippen LogP contribution in [0.5, 0.6) is 0 Å². The lowest BCUT2D eigenvalue weighted by Crippen LogP contribution is -2.32. The molecule has 0 atom stereocenters. The first-order chi connectivity index (χ1) is 9.78. The minimum absolute atomic E-state index is 0.260. The molecule has 110 valence electrons. The molecule has 0 saturated heterocycles. The highest BCUT2D eigenvalue weighted by atomic mass is 19.1. The first kappa shape index (κ1) is 13.8. The molecule has 4 nitrogen and oxygen atoms in total. The Labute approximate surface area is 119 Å². The molecule has 2 aliphatic rings. The number of rotatable bonds is 8. The smallest absolute Gasteiger partial charge is 0.141 e. The van der Waals surface area contributed by atoms with Crippen LogP contribution in [0.25, 0.3) is 0 Å². The van der Waals surface area contributed by atoms with Crippen molar-refractivity contribution < 1.29 is 9.13 Å². The Morgan fingerprint density at radius 1 is 1.40 bits per heavy atom. The van der Waals surface area contributed by atoms with E-state index in [2.05, 4.69) is 15.2 Å². The molecule has 1 N–H and O–H groups in total. The second kappa shape index (κ2) is 6.06. The Morgan fingerprint density at radius 3 is 2.85 bits per heavy atom. The fraction of sp³-hybridized carbons (Fsp3) is 0.667. The molecule has 0 unspecified atom stereocenters. The molecule has 0 amide bonds. The summed E-state index contributed by atoms with van der Waals surface area (Å²) < 4.78 is 18.7. The van der Waals surface area contributed by atoms with E-state index in [1.165, 1.54) is 31.9 Å². The number of hydrogen-bond donors (Lipinski definition) is 1. The zero-order valence-corrected chi connectivity index (χ0v) is 11.9. The molecule has 2 fully saturated rings. The number of anilines is 1. The minimum Gasteiger partial charge on any atom is -0.383 e. The Kier molecular flexibility index (Phi) is 4.17. The number of aromatic nitrogens is 1. The van der Waals surface area contributed by atoms with E-state index in [0.717, 1.165) is 17.9 Å². The van der Waals surface area contributed by atoms with Gasteiger partial charge in [-0.25, -0.2) is 9.37 Å². The van der Waals surface area contributed by atoms with Crippen molar-refractivity contribution in [1.82, 2.24) is 10.3 Å². The highest BCUT2D eigenvalue weighted by Gasteiger charge is 2.31. The highest BCUT2D eigenvalue weighted by molar-refractivity contribution is 5.49. The Bertz CT molecular complexity index is 460. The van der Waals surface area contributed by atoms with Gasteiger partial charge in [0.05, 0.1) is 12.8 Å². The van der Waals surface area contributed by atoms with Crippen molar-refractivity contribution in [3.8, 4) is 0 Å². The number of methoxy groups -OCH3 is 1. The van der Waals surface area contributed by atoms with Crippen LogP contribution in [0, 0.1) is 5.82 Å². The van der Waals surface area contributed by atoms with E-state index in [-0.39, 0.29) is 5.82 Å². The third-order valence-electron chi connectivity index (χ3n) is 3.86. The fourth-order valence-electron chi connectivity index (χ4n) is 2.44. The van der Waals surface area contributed by atoms with E-state index in [4.69, 9.17) is 4.74 Å².